The molecule has 0 unspecified atom stereocenters. The van der Waals surface area contributed by atoms with Crippen LogP contribution in [-0.2, 0) is 11.2 Å². The number of hydrogen-bond acceptors (Lipinski definition) is 4. The molecule has 0 bridgehead atoms. The topological polar surface area (TPSA) is 72.7 Å². The van der Waals surface area contributed by atoms with Gasteiger partial charge in [0.25, 0.3) is 5.95 Å². The van der Waals surface area contributed by atoms with Gasteiger partial charge in [-0.25, -0.2) is 14.6 Å². The molecule has 2 aromatic heterocycles. The summed E-state index contributed by atoms with van der Waals surface area (Å²) in [5.74, 6) is 0.364. The molecule has 0 fully saturated rings. The number of nitrogens with zero attached hydrogens (tertiary/aromatic N) is 4. The summed E-state index contributed by atoms with van der Waals surface area (Å²) in [6.07, 6.45) is 6.87. The molecule has 0 saturated heterocycles. The van der Waals surface area contributed by atoms with Crippen LogP contribution in [0, 0.1) is 6.92 Å². The number of carbonyl (C=O) groups excluding carboxylic acids is 1. The first-order valence-electron chi connectivity index (χ1n) is 6.88. The summed E-state index contributed by atoms with van der Waals surface area (Å²) in [6.45, 7) is 2.00. The smallest absolute Gasteiger partial charge is 0.250 e. The van der Waals surface area contributed by atoms with Gasteiger partial charge in [0.15, 0.2) is 0 Å². The van der Waals surface area contributed by atoms with Crippen molar-refractivity contribution < 1.29 is 4.79 Å². The Kier molecular flexibility index (Phi) is 3.91. The number of benzene rings is 1. The van der Waals surface area contributed by atoms with Crippen LogP contribution in [0.5, 0.6) is 0 Å². The normalized spacial score (nSPS) is 10.4. The minimum atomic E-state index is -0.0963. The lowest BCUT2D eigenvalue weighted by atomic mass is 10.1. The van der Waals surface area contributed by atoms with Crippen molar-refractivity contribution in [3.63, 3.8) is 0 Å². The van der Waals surface area contributed by atoms with Crippen LogP contribution < -0.4 is 5.32 Å². The number of anilines is 1. The molecule has 0 aliphatic heterocycles. The van der Waals surface area contributed by atoms with E-state index in [1.54, 1.807) is 35.5 Å². The zero-order chi connectivity index (χ0) is 15.4. The average molecular weight is 293 g/mol. The van der Waals surface area contributed by atoms with E-state index in [0.29, 0.717) is 18.1 Å². The molecule has 1 amide bonds. The fourth-order valence-electron chi connectivity index (χ4n) is 2.10. The van der Waals surface area contributed by atoms with Crippen molar-refractivity contribution >= 4 is 11.6 Å². The second kappa shape index (κ2) is 6.17. The molecular weight excluding hydrogens is 278 g/mol. The highest BCUT2D eigenvalue weighted by atomic mass is 16.1. The molecule has 0 spiro atoms. The Hall–Kier alpha value is -3.02. The number of aryl methyl sites for hydroxylation is 1. The maximum absolute atomic E-state index is 12.0. The molecule has 6 nitrogen and oxygen atoms in total. The Labute approximate surface area is 127 Å². The molecule has 3 rings (SSSR count). The van der Waals surface area contributed by atoms with E-state index in [2.05, 4.69) is 20.4 Å². The Morgan fingerprint density at radius 1 is 1.23 bits per heavy atom. The molecule has 3 aromatic rings. The van der Waals surface area contributed by atoms with Crippen LogP contribution in [0.2, 0.25) is 0 Å². The van der Waals surface area contributed by atoms with E-state index in [1.807, 2.05) is 31.2 Å². The maximum Gasteiger partial charge on any atom is 0.250 e. The molecule has 2 heterocycles. The first-order valence-corrected chi connectivity index (χ1v) is 6.88. The van der Waals surface area contributed by atoms with E-state index in [9.17, 15) is 4.79 Å². The summed E-state index contributed by atoms with van der Waals surface area (Å²) in [4.78, 5) is 20.4. The van der Waals surface area contributed by atoms with Crippen molar-refractivity contribution in [3.05, 3.63) is 66.2 Å². The highest BCUT2D eigenvalue weighted by molar-refractivity contribution is 5.91. The van der Waals surface area contributed by atoms with Gasteiger partial charge < -0.3 is 5.32 Å². The molecule has 22 heavy (non-hydrogen) atoms. The Morgan fingerprint density at radius 3 is 2.73 bits per heavy atom. The van der Waals surface area contributed by atoms with Gasteiger partial charge in [-0.2, -0.15) is 5.10 Å². The standard InChI is InChI=1S/C16H15N5O/c1-12-4-2-5-13(8-12)9-15(22)20-14-10-17-16(18-11-14)21-7-3-6-19-21/h2-8,10-11H,9H2,1H3,(H,20,22). The van der Waals surface area contributed by atoms with Gasteiger partial charge in [-0.3, -0.25) is 4.79 Å². The van der Waals surface area contributed by atoms with Gasteiger partial charge in [-0.15, -0.1) is 0 Å². The summed E-state index contributed by atoms with van der Waals surface area (Å²) in [7, 11) is 0. The fraction of sp³-hybridized carbons (Fsp3) is 0.125. The van der Waals surface area contributed by atoms with Crippen LogP contribution >= 0.6 is 0 Å². The molecule has 0 aliphatic carbocycles. The van der Waals surface area contributed by atoms with Crippen LogP contribution in [0.4, 0.5) is 5.69 Å². The first-order chi connectivity index (χ1) is 10.7. The van der Waals surface area contributed by atoms with Crippen molar-refractivity contribution in [2.45, 2.75) is 13.3 Å². The quantitative estimate of drug-likeness (QED) is 0.800. The number of aromatic nitrogens is 4. The van der Waals surface area contributed by atoms with E-state index in [-0.39, 0.29) is 5.91 Å². The first kappa shape index (κ1) is 13.9. The lowest BCUT2D eigenvalue weighted by Crippen LogP contribution is -2.15. The minimum absolute atomic E-state index is 0.0963. The minimum Gasteiger partial charge on any atom is -0.323 e. The summed E-state index contributed by atoms with van der Waals surface area (Å²) >= 11 is 0. The monoisotopic (exact) mass is 293 g/mol. The Morgan fingerprint density at radius 2 is 2.05 bits per heavy atom. The Bertz CT molecular complexity index is 765. The summed E-state index contributed by atoms with van der Waals surface area (Å²) < 4.78 is 1.55. The number of rotatable bonds is 4. The second-order valence-corrected chi connectivity index (χ2v) is 4.94. The van der Waals surface area contributed by atoms with Gasteiger partial charge in [-0.05, 0) is 18.6 Å². The van der Waals surface area contributed by atoms with E-state index < -0.39 is 0 Å². The maximum atomic E-state index is 12.0. The van der Waals surface area contributed by atoms with Crippen LogP contribution in [0.1, 0.15) is 11.1 Å². The van der Waals surface area contributed by atoms with Crippen LogP contribution in [0.15, 0.2) is 55.1 Å². The van der Waals surface area contributed by atoms with Crippen LogP contribution in [0.25, 0.3) is 5.95 Å². The van der Waals surface area contributed by atoms with Gasteiger partial charge in [0, 0.05) is 12.4 Å². The van der Waals surface area contributed by atoms with Gasteiger partial charge in [0.1, 0.15) is 0 Å². The van der Waals surface area contributed by atoms with Crippen LogP contribution in [-0.4, -0.2) is 25.7 Å². The zero-order valence-electron chi connectivity index (χ0n) is 12.1. The largest absolute Gasteiger partial charge is 0.323 e. The third-order valence-electron chi connectivity index (χ3n) is 3.08. The molecule has 110 valence electrons. The molecule has 6 heteroatoms. The number of nitrogens with one attached hydrogen (secondary N) is 1. The summed E-state index contributed by atoms with van der Waals surface area (Å²) in [5, 5.41) is 6.83. The van der Waals surface area contributed by atoms with E-state index >= 15 is 0 Å². The van der Waals surface area contributed by atoms with Gasteiger partial charge in [0.05, 0.1) is 24.5 Å². The van der Waals surface area contributed by atoms with E-state index in [0.717, 1.165) is 11.1 Å². The number of carbonyl (C=O) groups is 1. The van der Waals surface area contributed by atoms with Gasteiger partial charge in [-0.1, -0.05) is 29.8 Å². The zero-order valence-corrected chi connectivity index (χ0v) is 12.1. The van der Waals surface area contributed by atoms with Crippen molar-refractivity contribution in [1.29, 1.82) is 0 Å². The van der Waals surface area contributed by atoms with Crippen molar-refractivity contribution in [3.8, 4) is 5.95 Å². The number of hydrogen-bond donors (Lipinski definition) is 1. The van der Waals surface area contributed by atoms with E-state index in [4.69, 9.17) is 0 Å². The predicted octanol–water partition coefficient (Wildman–Crippen LogP) is 2.15. The molecule has 1 aromatic carbocycles. The predicted molar refractivity (Wildman–Crippen MR) is 82.7 cm³/mol. The van der Waals surface area contributed by atoms with Crippen molar-refractivity contribution in [1.82, 2.24) is 19.7 Å². The lowest BCUT2D eigenvalue weighted by Gasteiger charge is -2.06. The summed E-state index contributed by atoms with van der Waals surface area (Å²) in [5.41, 5.74) is 2.68. The molecule has 0 saturated carbocycles. The molecule has 0 atom stereocenters. The van der Waals surface area contributed by atoms with Gasteiger partial charge >= 0.3 is 0 Å². The second-order valence-electron chi connectivity index (χ2n) is 4.94. The average Bonchev–Trinajstić information content (AvgIpc) is 3.02. The van der Waals surface area contributed by atoms with E-state index in [1.165, 1.54) is 0 Å². The highest BCUT2D eigenvalue weighted by Gasteiger charge is 2.06. The molecule has 0 radical (unpaired) electrons. The Balaban J connectivity index is 1.64. The molecule has 1 N–H and O–H groups in total. The molecular formula is C16H15N5O. The third-order valence-corrected chi connectivity index (χ3v) is 3.08. The molecule has 0 aliphatic rings. The highest BCUT2D eigenvalue weighted by Crippen LogP contribution is 2.08. The SMILES string of the molecule is Cc1cccc(CC(=O)Nc2cnc(-n3cccn3)nc2)c1. The van der Waals surface area contributed by atoms with Crippen molar-refractivity contribution in [2.75, 3.05) is 5.32 Å². The lowest BCUT2D eigenvalue weighted by molar-refractivity contribution is -0.115. The third kappa shape index (κ3) is 3.35. The summed E-state index contributed by atoms with van der Waals surface area (Å²) in [6, 6.07) is 9.67. The van der Waals surface area contributed by atoms with Gasteiger partial charge in [0.2, 0.25) is 5.91 Å². The van der Waals surface area contributed by atoms with Crippen molar-refractivity contribution in [2.24, 2.45) is 0 Å². The number of amides is 1. The fourth-order valence-corrected chi connectivity index (χ4v) is 2.10. The van der Waals surface area contributed by atoms with Crippen LogP contribution in [0.3, 0.4) is 0 Å².